The fourth-order valence-corrected chi connectivity index (χ4v) is 1.76. The third-order valence-electron chi connectivity index (χ3n) is 2.63. The molecule has 0 atom stereocenters. The van der Waals surface area contributed by atoms with E-state index in [4.69, 9.17) is 26.2 Å². The molecule has 0 amide bonds. The van der Waals surface area contributed by atoms with Crippen LogP contribution in [0.4, 0.5) is 0 Å². The Morgan fingerprint density at radius 1 is 1.00 bits per heavy atom. The summed E-state index contributed by atoms with van der Waals surface area (Å²) >= 11 is 5.76. The molecule has 2 aromatic carbocycles. The Morgan fingerprint density at radius 3 is 2.14 bits per heavy atom. The lowest BCUT2D eigenvalue weighted by Gasteiger charge is -2.09. The first-order valence-electron chi connectivity index (χ1n) is 6.14. The van der Waals surface area contributed by atoms with Gasteiger partial charge in [0.25, 0.3) is 0 Å². The number of aromatic carboxylic acids is 1. The van der Waals surface area contributed by atoms with Gasteiger partial charge in [-0.2, -0.15) is 0 Å². The van der Waals surface area contributed by atoms with Crippen LogP contribution in [0.1, 0.15) is 10.4 Å². The molecule has 0 bridgehead atoms. The molecular formula is C15H13ClO5. The second-order valence-electron chi connectivity index (χ2n) is 4.13. The van der Waals surface area contributed by atoms with Gasteiger partial charge in [-0.1, -0.05) is 11.6 Å². The number of carboxylic acids is 1. The van der Waals surface area contributed by atoms with E-state index in [0.717, 1.165) is 0 Å². The van der Waals surface area contributed by atoms with Crippen LogP contribution < -0.4 is 9.47 Å². The second kappa shape index (κ2) is 6.85. The van der Waals surface area contributed by atoms with Gasteiger partial charge in [0, 0.05) is 11.1 Å². The number of hydrogen-bond acceptors (Lipinski definition) is 4. The van der Waals surface area contributed by atoms with E-state index in [1.54, 1.807) is 24.3 Å². The molecule has 0 aliphatic carbocycles. The van der Waals surface area contributed by atoms with Crippen molar-refractivity contribution in [3.63, 3.8) is 0 Å². The number of ether oxygens (including phenoxy) is 2. The van der Waals surface area contributed by atoms with Crippen LogP contribution in [0.2, 0.25) is 5.02 Å². The molecule has 0 aromatic heterocycles. The van der Waals surface area contributed by atoms with Crippen LogP contribution in [0, 0.1) is 0 Å². The van der Waals surface area contributed by atoms with Crippen molar-refractivity contribution in [3.8, 4) is 17.2 Å². The average molecular weight is 309 g/mol. The van der Waals surface area contributed by atoms with E-state index in [1.165, 1.54) is 18.2 Å². The van der Waals surface area contributed by atoms with Crippen molar-refractivity contribution < 1.29 is 24.5 Å². The Morgan fingerprint density at radius 2 is 1.57 bits per heavy atom. The van der Waals surface area contributed by atoms with Crippen LogP contribution in [-0.4, -0.2) is 29.4 Å². The van der Waals surface area contributed by atoms with Gasteiger partial charge in [-0.25, -0.2) is 4.79 Å². The van der Waals surface area contributed by atoms with E-state index < -0.39 is 5.97 Å². The molecule has 6 heteroatoms. The summed E-state index contributed by atoms with van der Waals surface area (Å²) < 4.78 is 10.8. The third-order valence-corrected chi connectivity index (χ3v) is 2.89. The predicted octanol–water partition coefficient (Wildman–Crippen LogP) is 3.20. The molecule has 0 aliphatic rings. The highest BCUT2D eigenvalue weighted by Gasteiger charge is 2.09. The van der Waals surface area contributed by atoms with E-state index in [2.05, 4.69) is 0 Å². The first-order chi connectivity index (χ1) is 10.1. The Hall–Kier alpha value is -2.40. The monoisotopic (exact) mass is 308 g/mol. The van der Waals surface area contributed by atoms with Crippen LogP contribution >= 0.6 is 11.6 Å². The van der Waals surface area contributed by atoms with Crippen molar-refractivity contribution in [2.45, 2.75) is 0 Å². The molecule has 0 spiro atoms. The van der Waals surface area contributed by atoms with Gasteiger partial charge in [-0.3, -0.25) is 0 Å². The first-order valence-corrected chi connectivity index (χ1v) is 6.51. The number of carbonyl (C=O) groups is 1. The van der Waals surface area contributed by atoms with E-state index in [1.807, 2.05) is 0 Å². The van der Waals surface area contributed by atoms with Crippen molar-refractivity contribution in [2.75, 3.05) is 13.2 Å². The standard InChI is InChI=1S/C15H13ClO5/c16-10-1-3-11(4-2-10)20-7-8-21-12-5-6-13(15(18)19)14(17)9-12/h1-6,9,17H,7-8H2,(H,18,19). The number of phenols is 1. The molecule has 0 aliphatic heterocycles. The second-order valence-corrected chi connectivity index (χ2v) is 4.57. The number of carboxylic acid groups (broad SMARTS) is 1. The van der Waals surface area contributed by atoms with Gasteiger partial charge < -0.3 is 19.7 Å². The van der Waals surface area contributed by atoms with Gasteiger partial charge in [0.2, 0.25) is 0 Å². The van der Waals surface area contributed by atoms with Crippen LogP contribution in [-0.2, 0) is 0 Å². The van der Waals surface area contributed by atoms with Gasteiger partial charge in [0.1, 0.15) is 36.0 Å². The normalized spacial score (nSPS) is 10.1. The van der Waals surface area contributed by atoms with Crippen LogP contribution in [0.5, 0.6) is 17.2 Å². The fourth-order valence-electron chi connectivity index (χ4n) is 1.63. The molecule has 2 N–H and O–H groups in total. The number of aromatic hydroxyl groups is 1. The highest BCUT2D eigenvalue weighted by atomic mass is 35.5. The summed E-state index contributed by atoms with van der Waals surface area (Å²) in [7, 11) is 0. The largest absolute Gasteiger partial charge is 0.507 e. The SMILES string of the molecule is O=C(O)c1ccc(OCCOc2ccc(Cl)cc2)cc1O. The zero-order valence-electron chi connectivity index (χ0n) is 11.0. The Balaban J connectivity index is 1.82. The van der Waals surface area contributed by atoms with Gasteiger partial charge in [-0.05, 0) is 36.4 Å². The summed E-state index contributed by atoms with van der Waals surface area (Å²) in [6.45, 7) is 0.567. The molecule has 0 unspecified atom stereocenters. The molecule has 2 rings (SSSR count). The molecule has 21 heavy (non-hydrogen) atoms. The van der Waals surface area contributed by atoms with Crippen molar-refractivity contribution in [3.05, 3.63) is 53.1 Å². The molecule has 0 saturated heterocycles. The van der Waals surface area contributed by atoms with Gasteiger partial charge in [0.15, 0.2) is 0 Å². The Kier molecular flexibility index (Phi) is 4.90. The molecule has 110 valence electrons. The maximum absolute atomic E-state index is 10.7. The smallest absolute Gasteiger partial charge is 0.339 e. The van der Waals surface area contributed by atoms with E-state index in [9.17, 15) is 9.90 Å². The lowest BCUT2D eigenvalue weighted by Crippen LogP contribution is -2.09. The maximum Gasteiger partial charge on any atom is 0.339 e. The molecule has 2 aromatic rings. The summed E-state index contributed by atoms with van der Waals surface area (Å²) in [5.74, 6) is -0.479. The molecule has 0 radical (unpaired) electrons. The van der Waals surface area contributed by atoms with Crippen LogP contribution in [0.3, 0.4) is 0 Å². The van der Waals surface area contributed by atoms with E-state index >= 15 is 0 Å². The first kappa shape index (κ1) is 15.0. The quantitative estimate of drug-likeness (QED) is 0.801. The van der Waals surface area contributed by atoms with Gasteiger partial charge in [0.05, 0.1) is 0 Å². The lowest BCUT2D eigenvalue weighted by molar-refractivity contribution is 0.0693. The number of rotatable bonds is 6. The van der Waals surface area contributed by atoms with Crippen molar-refractivity contribution in [2.24, 2.45) is 0 Å². The summed E-state index contributed by atoms with van der Waals surface area (Å²) in [5, 5.41) is 18.9. The third kappa shape index (κ3) is 4.29. The van der Waals surface area contributed by atoms with Crippen molar-refractivity contribution in [1.82, 2.24) is 0 Å². The summed E-state index contributed by atoms with van der Waals surface area (Å²) in [4.78, 5) is 10.7. The van der Waals surface area contributed by atoms with E-state index in [0.29, 0.717) is 23.1 Å². The highest BCUT2D eigenvalue weighted by molar-refractivity contribution is 6.30. The number of halogens is 1. The maximum atomic E-state index is 10.7. The minimum absolute atomic E-state index is 0.167. The zero-order valence-corrected chi connectivity index (χ0v) is 11.7. The lowest BCUT2D eigenvalue weighted by atomic mass is 10.2. The summed E-state index contributed by atoms with van der Waals surface area (Å²) in [5.41, 5.74) is -0.167. The Bertz CT molecular complexity index is 624. The summed E-state index contributed by atoms with van der Waals surface area (Å²) in [6, 6.07) is 11.0. The molecule has 5 nitrogen and oxygen atoms in total. The fraction of sp³-hybridized carbons (Fsp3) is 0.133. The predicted molar refractivity (Wildman–Crippen MR) is 77.5 cm³/mol. The van der Waals surface area contributed by atoms with Crippen molar-refractivity contribution >= 4 is 17.6 Å². The van der Waals surface area contributed by atoms with Gasteiger partial charge >= 0.3 is 5.97 Å². The Labute approximate surface area is 126 Å². The average Bonchev–Trinajstić information content (AvgIpc) is 2.45. The molecular weight excluding hydrogens is 296 g/mol. The van der Waals surface area contributed by atoms with Gasteiger partial charge in [-0.15, -0.1) is 0 Å². The molecule has 0 fully saturated rings. The highest BCUT2D eigenvalue weighted by Crippen LogP contribution is 2.23. The van der Waals surface area contributed by atoms with E-state index in [-0.39, 0.29) is 17.9 Å². The number of hydrogen-bond donors (Lipinski definition) is 2. The van der Waals surface area contributed by atoms with Crippen molar-refractivity contribution in [1.29, 1.82) is 0 Å². The minimum Gasteiger partial charge on any atom is -0.507 e. The number of benzene rings is 2. The zero-order chi connectivity index (χ0) is 15.2. The van der Waals surface area contributed by atoms with Crippen LogP contribution in [0.15, 0.2) is 42.5 Å². The topological polar surface area (TPSA) is 76.0 Å². The van der Waals surface area contributed by atoms with Crippen LogP contribution in [0.25, 0.3) is 0 Å². The minimum atomic E-state index is -1.19. The molecule has 0 saturated carbocycles. The summed E-state index contributed by atoms with van der Waals surface area (Å²) in [6.07, 6.45) is 0. The molecule has 0 heterocycles.